The Bertz CT molecular complexity index is 762. The monoisotopic (exact) mass is 342 g/mol. The van der Waals surface area contributed by atoms with Gasteiger partial charge in [0, 0.05) is 12.4 Å². The van der Waals surface area contributed by atoms with E-state index in [4.69, 9.17) is 9.47 Å². The molecule has 8 heteroatoms. The minimum absolute atomic E-state index is 0.197. The number of nitrogens with zero attached hydrogens (tertiary/aromatic N) is 2. The van der Waals surface area contributed by atoms with Crippen molar-refractivity contribution in [3.05, 3.63) is 53.9 Å². The maximum Gasteiger partial charge on any atom is 0.259 e. The van der Waals surface area contributed by atoms with E-state index >= 15 is 0 Å². The van der Waals surface area contributed by atoms with Crippen LogP contribution >= 0.6 is 0 Å². The zero-order chi connectivity index (χ0) is 18.1. The first-order valence-electron chi connectivity index (χ1n) is 7.36. The summed E-state index contributed by atoms with van der Waals surface area (Å²) in [5.41, 5.74) is 3.43. The van der Waals surface area contributed by atoms with E-state index in [2.05, 4.69) is 20.8 Å². The maximum absolute atomic E-state index is 11.8. The number of amides is 2. The Morgan fingerprint density at radius 3 is 2.68 bits per heavy atom. The summed E-state index contributed by atoms with van der Waals surface area (Å²) in [5.74, 6) is 0.324. The highest BCUT2D eigenvalue weighted by Gasteiger charge is 2.07. The summed E-state index contributed by atoms with van der Waals surface area (Å²) in [7, 11) is 3.08. The smallest absolute Gasteiger partial charge is 0.259 e. The summed E-state index contributed by atoms with van der Waals surface area (Å²) in [4.78, 5) is 27.3. The molecule has 2 N–H and O–H groups in total. The Kier molecular flexibility index (Phi) is 6.47. The van der Waals surface area contributed by atoms with Crippen LogP contribution in [0.5, 0.6) is 11.5 Å². The van der Waals surface area contributed by atoms with Crippen LogP contribution in [0.25, 0.3) is 0 Å². The average molecular weight is 342 g/mol. The van der Waals surface area contributed by atoms with Gasteiger partial charge in [0.2, 0.25) is 0 Å². The first kappa shape index (κ1) is 17.9. The molecule has 0 aliphatic rings. The number of nitrogens with one attached hydrogen (secondary N) is 2. The third kappa shape index (κ3) is 5.31. The number of hydrazone groups is 1. The van der Waals surface area contributed by atoms with Crippen molar-refractivity contribution >= 4 is 18.0 Å². The lowest BCUT2D eigenvalue weighted by Gasteiger charge is -2.07. The predicted octanol–water partition coefficient (Wildman–Crippen LogP) is 0.979. The molecule has 0 spiro atoms. The fourth-order valence-corrected chi connectivity index (χ4v) is 1.91. The normalized spacial score (nSPS) is 10.3. The molecule has 2 amide bonds. The topological polar surface area (TPSA) is 102 Å². The molecule has 2 rings (SSSR count). The van der Waals surface area contributed by atoms with Crippen LogP contribution in [0.4, 0.5) is 0 Å². The van der Waals surface area contributed by atoms with Gasteiger partial charge in [0.1, 0.15) is 0 Å². The molecular weight excluding hydrogens is 324 g/mol. The minimum Gasteiger partial charge on any atom is -0.493 e. The Balaban J connectivity index is 1.83. The van der Waals surface area contributed by atoms with Gasteiger partial charge in [-0.1, -0.05) is 0 Å². The summed E-state index contributed by atoms with van der Waals surface area (Å²) >= 11 is 0. The summed E-state index contributed by atoms with van der Waals surface area (Å²) in [6, 6.07) is 8.47. The Hall–Kier alpha value is -3.42. The van der Waals surface area contributed by atoms with Crippen molar-refractivity contribution in [1.82, 2.24) is 15.7 Å². The molecule has 0 aliphatic carbocycles. The Morgan fingerprint density at radius 1 is 1.20 bits per heavy atom. The summed E-state index contributed by atoms with van der Waals surface area (Å²) in [5, 5.41) is 6.32. The van der Waals surface area contributed by atoms with Crippen molar-refractivity contribution in [2.75, 3.05) is 20.8 Å². The fourth-order valence-electron chi connectivity index (χ4n) is 1.91. The van der Waals surface area contributed by atoms with E-state index in [0.29, 0.717) is 17.1 Å². The number of ether oxygens (including phenoxy) is 2. The molecule has 0 saturated heterocycles. The van der Waals surface area contributed by atoms with Crippen LogP contribution in [0.15, 0.2) is 47.8 Å². The first-order chi connectivity index (χ1) is 12.1. The second-order valence-corrected chi connectivity index (χ2v) is 4.83. The van der Waals surface area contributed by atoms with Crippen LogP contribution in [0.1, 0.15) is 15.9 Å². The van der Waals surface area contributed by atoms with E-state index in [0.717, 1.165) is 5.56 Å². The van der Waals surface area contributed by atoms with E-state index in [1.54, 1.807) is 43.6 Å². The van der Waals surface area contributed by atoms with Crippen LogP contribution in [0.3, 0.4) is 0 Å². The highest BCUT2D eigenvalue weighted by Crippen LogP contribution is 2.26. The van der Waals surface area contributed by atoms with Crippen molar-refractivity contribution in [2.45, 2.75) is 0 Å². The zero-order valence-electron chi connectivity index (χ0n) is 13.9. The van der Waals surface area contributed by atoms with Crippen LogP contribution in [0, 0.1) is 0 Å². The molecular formula is C17H18N4O4. The Morgan fingerprint density at radius 2 is 2.00 bits per heavy atom. The lowest BCUT2D eigenvalue weighted by atomic mass is 10.2. The minimum atomic E-state index is -0.450. The molecule has 2 aromatic rings. The number of pyridine rings is 1. The molecule has 0 atom stereocenters. The van der Waals surface area contributed by atoms with Gasteiger partial charge in [-0.3, -0.25) is 14.6 Å². The first-order valence-corrected chi connectivity index (χ1v) is 7.36. The van der Waals surface area contributed by atoms with Crippen molar-refractivity contribution in [2.24, 2.45) is 5.10 Å². The van der Waals surface area contributed by atoms with Gasteiger partial charge in [-0.25, -0.2) is 5.43 Å². The molecule has 25 heavy (non-hydrogen) atoms. The molecule has 8 nitrogen and oxygen atoms in total. The molecule has 0 bridgehead atoms. The van der Waals surface area contributed by atoms with Gasteiger partial charge < -0.3 is 14.8 Å². The molecule has 0 aliphatic heterocycles. The maximum atomic E-state index is 11.8. The van der Waals surface area contributed by atoms with Crippen LogP contribution < -0.4 is 20.2 Å². The quantitative estimate of drug-likeness (QED) is 0.577. The second kappa shape index (κ2) is 9.02. The lowest BCUT2D eigenvalue weighted by Crippen LogP contribution is -2.34. The van der Waals surface area contributed by atoms with E-state index in [-0.39, 0.29) is 12.5 Å². The van der Waals surface area contributed by atoms with E-state index < -0.39 is 5.91 Å². The van der Waals surface area contributed by atoms with E-state index in [1.165, 1.54) is 19.5 Å². The predicted molar refractivity (Wildman–Crippen MR) is 91.9 cm³/mol. The standard InChI is InChI=1S/C17H18N4O4/c1-24-14-6-5-12(8-15(14)25-2)9-20-21-16(22)11-19-17(23)13-4-3-7-18-10-13/h3-10H,11H2,1-2H3,(H,19,23)(H,21,22). The molecule has 1 heterocycles. The van der Waals surface area contributed by atoms with Crippen LogP contribution in [-0.2, 0) is 4.79 Å². The number of methoxy groups -OCH3 is 2. The summed E-state index contributed by atoms with van der Waals surface area (Å²) < 4.78 is 10.3. The third-order valence-corrected chi connectivity index (χ3v) is 3.14. The zero-order valence-corrected chi connectivity index (χ0v) is 13.9. The Labute approximate surface area is 144 Å². The van der Waals surface area contributed by atoms with Gasteiger partial charge in [-0.2, -0.15) is 5.10 Å². The number of aromatic nitrogens is 1. The van der Waals surface area contributed by atoms with Crippen LogP contribution in [-0.4, -0.2) is 43.8 Å². The van der Waals surface area contributed by atoms with Gasteiger partial charge in [0.15, 0.2) is 11.5 Å². The number of carbonyl (C=O) groups excluding carboxylic acids is 2. The van der Waals surface area contributed by atoms with Gasteiger partial charge in [0.05, 0.1) is 32.5 Å². The molecule has 1 aromatic heterocycles. The van der Waals surface area contributed by atoms with Gasteiger partial charge in [-0.15, -0.1) is 0 Å². The van der Waals surface area contributed by atoms with E-state index in [1.807, 2.05) is 0 Å². The molecule has 0 fully saturated rings. The lowest BCUT2D eigenvalue weighted by molar-refractivity contribution is -0.120. The van der Waals surface area contributed by atoms with Crippen molar-refractivity contribution in [1.29, 1.82) is 0 Å². The van der Waals surface area contributed by atoms with Crippen molar-refractivity contribution < 1.29 is 19.1 Å². The number of carbonyl (C=O) groups is 2. The number of benzene rings is 1. The van der Waals surface area contributed by atoms with Crippen molar-refractivity contribution in [3.63, 3.8) is 0 Å². The molecule has 0 unspecified atom stereocenters. The number of hydrogen-bond donors (Lipinski definition) is 2. The molecule has 130 valence electrons. The van der Waals surface area contributed by atoms with Gasteiger partial charge in [-0.05, 0) is 35.9 Å². The van der Waals surface area contributed by atoms with Gasteiger partial charge >= 0.3 is 0 Å². The molecule has 0 saturated carbocycles. The van der Waals surface area contributed by atoms with Crippen LogP contribution in [0.2, 0.25) is 0 Å². The van der Waals surface area contributed by atoms with Crippen molar-refractivity contribution in [3.8, 4) is 11.5 Å². The number of rotatable bonds is 7. The summed E-state index contributed by atoms with van der Waals surface area (Å²) in [6.07, 6.45) is 4.44. The fraction of sp³-hybridized carbons (Fsp3) is 0.176. The van der Waals surface area contributed by atoms with E-state index in [9.17, 15) is 9.59 Å². The molecule has 1 aromatic carbocycles. The van der Waals surface area contributed by atoms with Gasteiger partial charge in [0.25, 0.3) is 11.8 Å². The largest absolute Gasteiger partial charge is 0.493 e. The molecule has 0 radical (unpaired) electrons. The summed E-state index contributed by atoms with van der Waals surface area (Å²) in [6.45, 7) is -0.197. The highest BCUT2D eigenvalue weighted by atomic mass is 16.5. The highest BCUT2D eigenvalue weighted by molar-refractivity contribution is 5.96. The number of hydrogen-bond acceptors (Lipinski definition) is 6. The average Bonchev–Trinajstić information content (AvgIpc) is 2.66. The SMILES string of the molecule is COc1ccc(C=NNC(=O)CNC(=O)c2cccnc2)cc1OC. The second-order valence-electron chi connectivity index (χ2n) is 4.83. The third-order valence-electron chi connectivity index (χ3n) is 3.14.